The largest absolute Gasteiger partial charge is 0.493 e. The van der Waals surface area contributed by atoms with E-state index in [9.17, 15) is 9.18 Å². The molecule has 1 atom stereocenters. The van der Waals surface area contributed by atoms with E-state index in [2.05, 4.69) is 0 Å². The van der Waals surface area contributed by atoms with Crippen LogP contribution in [0.5, 0.6) is 5.75 Å². The predicted molar refractivity (Wildman–Crippen MR) is 57.1 cm³/mol. The maximum Gasteiger partial charge on any atom is 0.305 e. The summed E-state index contributed by atoms with van der Waals surface area (Å²) in [4.78, 5) is 10.5. The van der Waals surface area contributed by atoms with E-state index in [-0.39, 0.29) is 22.8 Å². The van der Waals surface area contributed by atoms with Gasteiger partial charge in [-0.2, -0.15) is 0 Å². The topological polar surface area (TPSA) is 72.5 Å². The van der Waals surface area contributed by atoms with Crippen molar-refractivity contribution in [1.29, 1.82) is 0 Å². The lowest BCUT2D eigenvalue weighted by molar-refractivity contribution is -0.137. The second-order valence-electron chi connectivity index (χ2n) is 3.18. The Kier molecular flexibility index (Phi) is 4.09. The average Bonchev–Trinajstić information content (AvgIpc) is 2.19. The minimum atomic E-state index is -1.09. The highest BCUT2D eigenvalue weighted by Crippen LogP contribution is 2.34. The molecule has 1 aromatic carbocycles. The molecule has 0 saturated carbocycles. The van der Waals surface area contributed by atoms with Crippen LogP contribution in [-0.2, 0) is 4.79 Å². The van der Waals surface area contributed by atoms with Crippen molar-refractivity contribution in [3.63, 3.8) is 0 Å². The third kappa shape index (κ3) is 2.62. The van der Waals surface area contributed by atoms with Crippen molar-refractivity contribution >= 4 is 17.6 Å². The number of rotatable bonds is 4. The van der Waals surface area contributed by atoms with Gasteiger partial charge < -0.3 is 15.6 Å². The summed E-state index contributed by atoms with van der Waals surface area (Å²) in [7, 11) is 1.27. The number of nitrogens with two attached hydrogens (primary N) is 1. The van der Waals surface area contributed by atoms with Gasteiger partial charge in [-0.05, 0) is 12.1 Å². The summed E-state index contributed by atoms with van der Waals surface area (Å²) in [6, 6.07) is 1.55. The summed E-state index contributed by atoms with van der Waals surface area (Å²) in [5.41, 5.74) is 5.80. The first-order valence-electron chi connectivity index (χ1n) is 4.46. The fourth-order valence-corrected chi connectivity index (χ4v) is 1.68. The van der Waals surface area contributed by atoms with Gasteiger partial charge in [0, 0.05) is 16.6 Å². The van der Waals surface area contributed by atoms with Crippen molar-refractivity contribution in [1.82, 2.24) is 0 Å². The Bertz CT molecular complexity index is 411. The van der Waals surface area contributed by atoms with Crippen molar-refractivity contribution in [3.05, 3.63) is 28.5 Å². The highest BCUT2D eigenvalue weighted by molar-refractivity contribution is 6.31. The Labute approximate surface area is 96.8 Å². The van der Waals surface area contributed by atoms with E-state index in [0.29, 0.717) is 0 Å². The van der Waals surface area contributed by atoms with Crippen LogP contribution < -0.4 is 10.5 Å². The van der Waals surface area contributed by atoms with Crippen molar-refractivity contribution in [2.75, 3.05) is 7.11 Å². The second kappa shape index (κ2) is 5.14. The van der Waals surface area contributed by atoms with E-state index in [1.807, 2.05) is 0 Å². The third-order valence-corrected chi connectivity index (χ3v) is 2.39. The quantitative estimate of drug-likeness (QED) is 0.853. The molecule has 0 aliphatic carbocycles. The number of hydrogen-bond acceptors (Lipinski definition) is 3. The molecule has 16 heavy (non-hydrogen) atoms. The van der Waals surface area contributed by atoms with Gasteiger partial charge in [0.05, 0.1) is 13.5 Å². The first kappa shape index (κ1) is 12.7. The smallest absolute Gasteiger partial charge is 0.305 e. The molecule has 0 aliphatic heterocycles. The first-order chi connectivity index (χ1) is 7.47. The molecule has 0 spiro atoms. The minimum absolute atomic E-state index is 0.110. The van der Waals surface area contributed by atoms with Crippen LogP contribution in [0.25, 0.3) is 0 Å². The molecule has 1 rings (SSSR count). The highest BCUT2D eigenvalue weighted by atomic mass is 35.5. The normalized spacial score (nSPS) is 12.2. The molecule has 1 unspecified atom stereocenters. The van der Waals surface area contributed by atoms with E-state index in [1.54, 1.807) is 0 Å². The van der Waals surface area contributed by atoms with E-state index in [1.165, 1.54) is 13.2 Å². The SMILES string of the molecule is COc1c(F)ccc(Cl)c1C(N)CC(=O)O. The fourth-order valence-electron chi connectivity index (χ4n) is 1.39. The number of carboxylic acid groups (broad SMARTS) is 1. The van der Waals surface area contributed by atoms with Crippen molar-refractivity contribution < 1.29 is 19.0 Å². The third-order valence-electron chi connectivity index (χ3n) is 2.06. The molecule has 3 N–H and O–H groups in total. The highest BCUT2D eigenvalue weighted by Gasteiger charge is 2.21. The van der Waals surface area contributed by atoms with Crippen LogP contribution >= 0.6 is 11.6 Å². The number of halogens is 2. The summed E-state index contributed by atoms with van der Waals surface area (Å²) in [5, 5.41) is 8.80. The lowest BCUT2D eigenvalue weighted by Gasteiger charge is -2.16. The molecule has 0 aliphatic rings. The standard InChI is InChI=1S/C10H11ClFNO3/c1-16-10-6(12)3-2-5(11)9(10)7(13)4-8(14)15/h2-3,7H,4,13H2,1H3,(H,14,15). The van der Waals surface area contributed by atoms with Crippen molar-refractivity contribution in [3.8, 4) is 5.75 Å². The molecule has 0 radical (unpaired) electrons. The number of carboxylic acids is 1. The van der Waals surface area contributed by atoms with Crippen LogP contribution in [0, 0.1) is 5.82 Å². The minimum Gasteiger partial charge on any atom is -0.493 e. The van der Waals surface area contributed by atoms with E-state index >= 15 is 0 Å². The molecule has 0 aromatic heterocycles. The Hall–Kier alpha value is -1.33. The number of carbonyl (C=O) groups is 1. The molecular formula is C10H11ClFNO3. The van der Waals surface area contributed by atoms with Crippen LogP contribution in [0.1, 0.15) is 18.0 Å². The first-order valence-corrected chi connectivity index (χ1v) is 4.84. The molecule has 1 aromatic rings. The van der Waals surface area contributed by atoms with Gasteiger partial charge in [0.25, 0.3) is 0 Å². The van der Waals surface area contributed by atoms with Crippen LogP contribution in [-0.4, -0.2) is 18.2 Å². The molecular weight excluding hydrogens is 237 g/mol. The number of benzene rings is 1. The Balaban J connectivity index is 3.19. The van der Waals surface area contributed by atoms with Crippen LogP contribution in [0.4, 0.5) is 4.39 Å². The zero-order valence-electron chi connectivity index (χ0n) is 8.54. The number of ether oxygens (including phenoxy) is 1. The molecule has 4 nitrogen and oxygen atoms in total. The summed E-state index contributed by atoms with van der Waals surface area (Å²) < 4.78 is 18.2. The maximum atomic E-state index is 13.3. The summed E-state index contributed by atoms with van der Waals surface area (Å²) in [6.45, 7) is 0. The number of aliphatic carboxylic acids is 1. The van der Waals surface area contributed by atoms with E-state index in [0.717, 1.165) is 6.07 Å². The molecule has 0 amide bonds. The Morgan fingerprint density at radius 1 is 1.69 bits per heavy atom. The molecule has 88 valence electrons. The fraction of sp³-hybridized carbons (Fsp3) is 0.300. The Morgan fingerprint density at radius 3 is 2.81 bits per heavy atom. The summed E-state index contributed by atoms with van der Waals surface area (Å²) >= 11 is 5.84. The van der Waals surface area contributed by atoms with Gasteiger partial charge in [-0.3, -0.25) is 4.79 Å². The van der Waals surface area contributed by atoms with Gasteiger partial charge in [-0.1, -0.05) is 11.6 Å². The molecule has 0 bridgehead atoms. The summed E-state index contributed by atoms with van der Waals surface area (Å²) in [6.07, 6.45) is -0.348. The molecule has 0 saturated heterocycles. The molecule has 0 heterocycles. The van der Waals surface area contributed by atoms with Crippen LogP contribution in [0.15, 0.2) is 12.1 Å². The van der Waals surface area contributed by atoms with Crippen molar-refractivity contribution in [2.24, 2.45) is 5.73 Å². The summed E-state index contributed by atoms with van der Waals surface area (Å²) in [5.74, 6) is -1.82. The Morgan fingerprint density at radius 2 is 2.31 bits per heavy atom. The monoisotopic (exact) mass is 247 g/mol. The van der Waals surface area contributed by atoms with Crippen LogP contribution in [0.2, 0.25) is 5.02 Å². The zero-order chi connectivity index (χ0) is 12.3. The van der Waals surface area contributed by atoms with Gasteiger partial charge in [0.2, 0.25) is 0 Å². The average molecular weight is 248 g/mol. The van der Waals surface area contributed by atoms with Crippen LogP contribution in [0.3, 0.4) is 0 Å². The number of hydrogen-bond donors (Lipinski definition) is 2. The molecule has 6 heteroatoms. The van der Waals surface area contributed by atoms with Gasteiger partial charge in [-0.25, -0.2) is 4.39 Å². The lowest BCUT2D eigenvalue weighted by atomic mass is 10.0. The van der Waals surface area contributed by atoms with Crippen molar-refractivity contribution in [2.45, 2.75) is 12.5 Å². The van der Waals surface area contributed by atoms with Gasteiger partial charge in [0.1, 0.15) is 0 Å². The maximum absolute atomic E-state index is 13.3. The van der Waals surface area contributed by atoms with Gasteiger partial charge in [0.15, 0.2) is 11.6 Å². The predicted octanol–water partition coefficient (Wildman–Crippen LogP) is 1.96. The number of methoxy groups -OCH3 is 1. The zero-order valence-corrected chi connectivity index (χ0v) is 9.29. The van der Waals surface area contributed by atoms with Gasteiger partial charge >= 0.3 is 5.97 Å². The van der Waals surface area contributed by atoms with E-state index in [4.69, 9.17) is 27.2 Å². The molecule has 0 fully saturated rings. The van der Waals surface area contributed by atoms with E-state index < -0.39 is 17.8 Å². The van der Waals surface area contributed by atoms with Gasteiger partial charge in [-0.15, -0.1) is 0 Å². The second-order valence-corrected chi connectivity index (χ2v) is 3.59. The lowest BCUT2D eigenvalue weighted by Crippen LogP contribution is -2.17.